The highest BCUT2D eigenvalue weighted by Gasteiger charge is 2.22. The van der Waals surface area contributed by atoms with E-state index in [1.165, 1.54) is 18.2 Å². The number of aromatic amines is 1. The number of nitrogens with one attached hydrogen (secondary N) is 3. The van der Waals surface area contributed by atoms with Crippen LogP contribution in [0.3, 0.4) is 0 Å². The van der Waals surface area contributed by atoms with Crippen molar-refractivity contribution in [3.8, 4) is 0 Å². The van der Waals surface area contributed by atoms with Gasteiger partial charge in [0.15, 0.2) is 0 Å². The molecule has 1 atom stereocenters. The predicted octanol–water partition coefficient (Wildman–Crippen LogP) is 5.11. The van der Waals surface area contributed by atoms with Gasteiger partial charge in [0.25, 0.3) is 5.69 Å². The number of nitro groups is 1. The molecule has 0 aliphatic heterocycles. The van der Waals surface area contributed by atoms with Gasteiger partial charge in [0, 0.05) is 41.7 Å². The minimum Gasteiger partial charge on any atom is -0.361 e. The average molecular weight is 489 g/mol. The Hall–Kier alpha value is -4.43. The van der Waals surface area contributed by atoms with Crippen molar-refractivity contribution in [3.63, 3.8) is 0 Å². The van der Waals surface area contributed by atoms with Crippen LogP contribution in [0.4, 0.5) is 11.4 Å². The molecule has 0 aliphatic carbocycles. The van der Waals surface area contributed by atoms with E-state index in [2.05, 4.69) is 15.6 Å². The monoisotopic (exact) mass is 488 g/mol. The van der Waals surface area contributed by atoms with Crippen molar-refractivity contribution in [2.75, 3.05) is 5.32 Å². The van der Waals surface area contributed by atoms with E-state index >= 15 is 0 Å². The minimum absolute atomic E-state index is 0.0246. The molecule has 1 aromatic heterocycles. The molecule has 3 N–H and O–H groups in total. The standard InChI is InChI=1S/C26H21ClN4O4/c27-21-15-19(31(34)35)11-12-23(21)30-26(33)24(14-17-6-2-1-3-7-17)29-25(32)13-10-18-16-28-22-9-5-4-8-20(18)22/h1-13,15-16,24,28H,14H2,(H,29,32)(H,30,33)/t24-/m0/s1. The number of nitro benzene ring substituents is 1. The first-order valence-corrected chi connectivity index (χ1v) is 11.1. The first-order chi connectivity index (χ1) is 16.9. The van der Waals surface area contributed by atoms with E-state index in [1.54, 1.807) is 12.3 Å². The largest absolute Gasteiger partial charge is 0.361 e. The van der Waals surface area contributed by atoms with Crippen LogP contribution in [0.1, 0.15) is 11.1 Å². The number of para-hydroxylation sites is 1. The third-order valence-electron chi connectivity index (χ3n) is 5.37. The van der Waals surface area contributed by atoms with E-state index in [1.807, 2.05) is 54.6 Å². The normalized spacial score (nSPS) is 11.9. The minimum atomic E-state index is -0.913. The molecular weight excluding hydrogens is 468 g/mol. The molecule has 0 unspecified atom stereocenters. The fourth-order valence-corrected chi connectivity index (χ4v) is 3.84. The van der Waals surface area contributed by atoms with Crippen LogP contribution in [0.15, 0.2) is 85.1 Å². The summed E-state index contributed by atoms with van der Waals surface area (Å²) in [5.41, 5.74) is 2.67. The summed E-state index contributed by atoms with van der Waals surface area (Å²) in [5.74, 6) is -0.945. The van der Waals surface area contributed by atoms with Gasteiger partial charge in [0.1, 0.15) is 6.04 Å². The van der Waals surface area contributed by atoms with Gasteiger partial charge in [-0.15, -0.1) is 0 Å². The maximum Gasteiger partial charge on any atom is 0.271 e. The van der Waals surface area contributed by atoms with Gasteiger partial charge in [-0.1, -0.05) is 60.1 Å². The number of benzene rings is 3. The molecule has 8 nitrogen and oxygen atoms in total. The molecule has 0 bridgehead atoms. The number of amides is 2. The van der Waals surface area contributed by atoms with Gasteiger partial charge in [-0.3, -0.25) is 19.7 Å². The molecule has 0 radical (unpaired) electrons. The summed E-state index contributed by atoms with van der Waals surface area (Å²) in [4.78, 5) is 39.3. The van der Waals surface area contributed by atoms with E-state index in [0.717, 1.165) is 28.1 Å². The number of fused-ring (bicyclic) bond motifs is 1. The van der Waals surface area contributed by atoms with Crippen molar-refractivity contribution in [1.82, 2.24) is 10.3 Å². The summed E-state index contributed by atoms with van der Waals surface area (Å²) in [5, 5.41) is 17.3. The molecule has 176 valence electrons. The Balaban J connectivity index is 1.51. The van der Waals surface area contributed by atoms with Crippen LogP contribution in [0.5, 0.6) is 0 Å². The highest BCUT2D eigenvalue weighted by atomic mass is 35.5. The Morgan fingerprint density at radius 1 is 1.06 bits per heavy atom. The molecule has 0 spiro atoms. The molecule has 4 aromatic rings. The average Bonchev–Trinajstić information content (AvgIpc) is 3.27. The van der Waals surface area contributed by atoms with Gasteiger partial charge in [-0.05, 0) is 29.3 Å². The Kier molecular flexibility index (Phi) is 7.23. The molecule has 4 rings (SSSR count). The zero-order valence-corrected chi connectivity index (χ0v) is 19.2. The van der Waals surface area contributed by atoms with Gasteiger partial charge in [0.05, 0.1) is 15.6 Å². The van der Waals surface area contributed by atoms with Crippen LogP contribution in [0, 0.1) is 10.1 Å². The number of carbonyl (C=O) groups is 2. The fourth-order valence-electron chi connectivity index (χ4n) is 3.62. The zero-order chi connectivity index (χ0) is 24.8. The van der Waals surface area contributed by atoms with E-state index in [0.29, 0.717) is 0 Å². The zero-order valence-electron chi connectivity index (χ0n) is 18.4. The van der Waals surface area contributed by atoms with Crippen LogP contribution in [-0.4, -0.2) is 27.8 Å². The second-order valence-electron chi connectivity index (χ2n) is 7.78. The van der Waals surface area contributed by atoms with Crippen LogP contribution in [0.25, 0.3) is 17.0 Å². The highest BCUT2D eigenvalue weighted by molar-refractivity contribution is 6.34. The van der Waals surface area contributed by atoms with E-state index < -0.39 is 22.8 Å². The number of rotatable bonds is 8. The Bertz CT molecular complexity index is 1420. The number of nitrogens with zero attached hydrogens (tertiary/aromatic N) is 1. The number of hydrogen-bond acceptors (Lipinski definition) is 4. The molecular formula is C26H21ClN4O4. The first kappa shape index (κ1) is 23.7. The summed E-state index contributed by atoms with van der Waals surface area (Å²) in [6.45, 7) is 0. The van der Waals surface area contributed by atoms with Crippen LogP contribution < -0.4 is 10.6 Å². The molecule has 35 heavy (non-hydrogen) atoms. The van der Waals surface area contributed by atoms with Crippen molar-refractivity contribution in [3.05, 3.63) is 111 Å². The second kappa shape index (κ2) is 10.7. The summed E-state index contributed by atoms with van der Waals surface area (Å²) in [6, 6.07) is 19.8. The lowest BCUT2D eigenvalue weighted by Gasteiger charge is -2.18. The van der Waals surface area contributed by atoms with Crippen molar-refractivity contribution in [2.24, 2.45) is 0 Å². The van der Waals surface area contributed by atoms with Crippen LogP contribution >= 0.6 is 11.6 Å². The molecule has 0 saturated carbocycles. The summed E-state index contributed by atoms with van der Waals surface area (Å²) >= 11 is 6.12. The fraction of sp³-hybridized carbons (Fsp3) is 0.0769. The third-order valence-corrected chi connectivity index (χ3v) is 5.69. The summed E-state index contributed by atoms with van der Waals surface area (Å²) < 4.78 is 0. The Morgan fingerprint density at radius 2 is 1.80 bits per heavy atom. The molecule has 2 amide bonds. The number of H-pyrrole nitrogens is 1. The third kappa shape index (κ3) is 5.93. The lowest BCUT2D eigenvalue weighted by molar-refractivity contribution is -0.384. The topological polar surface area (TPSA) is 117 Å². The summed E-state index contributed by atoms with van der Waals surface area (Å²) in [6.07, 6.45) is 5.10. The molecule has 0 saturated heterocycles. The van der Waals surface area contributed by atoms with E-state index in [4.69, 9.17) is 11.6 Å². The van der Waals surface area contributed by atoms with Gasteiger partial charge in [0.2, 0.25) is 11.8 Å². The van der Waals surface area contributed by atoms with E-state index in [9.17, 15) is 19.7 Å². The molecule has 3 aromatic carbocycles. The van der Waals surface area contributed by atoms with Gasteiger partial charge >= 0.3 is 0 Å². The summed E-state index contributed by atoms with van der Waals surface area (Å²) in [7, 11) is 0. The van der Waals surface area contributed by atoms with Gasteiger partial charge in [-0.25, -0.2) is 0 Å². The van der Waals surface area contributed by atoms with Gasteiger partial charge < -0.3 is 15.6 Å². The number of anilines is 1. The van der Waals surface area contributed by atoms with Crippen molar-refractivity contribution in [1.29, 1.82) is 0 Å². The van der Waals surface area contributed by atoms with Crippen LogP contribution in [-0.2, 0) is 16.0 Å². The Morgan fingerprint density at radius 3 is 2.54 bits per heavy atom. The lowest BCUT2D eigenvalue weighted by Crippen LogP contribution is -2.44. The van der Waals surface area contributed by atoms with Crippen molar-refractivity contribution in [2.45, 2.75) is 12.5 Å². The van der Waals surface area contributed by atoms with E-state index in [-0.39, 0.29) is 22.8 Å². The molecule has 0 fully saturated rings. The number of halogens is 1. The smallest absolute Gasteiger partial charge is 0.271 e. The Labute approximate surface area is 205 Å². The number of aromatic nitrogens is 1. The highest BCUT2D eigenvalue weighted by Crippen LogP contribution is 2.27. The molecule has 0 aliphatic rings. The van der Waals surface area contributed by atoms with Gasteiger partial charge in [-0.2, -0.15) is 0 Å². The number of carbonyl (C=O) groups excluding carboxylic acids is 2. The predicted molar refractivity (Wildman–Crippen MR) is 136 cm³/mol. The quantitative estimate of drug-likeness (QED) is 0.181. The van der Waals surface area contributed by atoms with Crippen LogP contribution in [0.2, 0.25) is 5.02 Å². The van der Waals surface area contributed by atoms with Crippen molar-refractivity contribution < 1.29 is 14.5 Å². The second-order valence-corrected chi connectivity index (χ2v) is 8.19. The maximum atomic E-state index is 13.1. The lowest BCUT2D eigenvalue weighted by atomic mass is 10.0. The molecule has 9 heteroatoms. The SMILES string of the molecule is O=C(C=Cc1c[nH]c2ccccc12)N[C@@H](Cc1ccccc1)C(=O)Nc1ccc([N+](=O)[O-])cc1Cl. The molecule has 1 heterocycles. The number of non-ortho nitro benzene ring substituents is 1. The first-order valence-electron chi connectivity index (χ1n) is 10.7. The maximum absolute atomic E-state index is 13.1. The number of hydrogen-bond donors (Lipinski definition) is 3. The van der Waals surface area contributed by atoms with Crippen molar-refractivity contribution >= 4 is 51.8 Å².